The van der Waals surface area contributed by atoms with Gasteiger partial charge in [-0.15, -0.1) is 0 Å². The Kier molecular flexibility index (Phi) is 5.41. The van der Waals surface area contributed by atoms with Crippen LogP contribution in [-0.4, -0.2) is 57.6 Å². The molecule has 1 aromatic heterocycles. The number of amides is 4. The molecule has 1 unspecified atom stereocenters. The molecular weight excluding hydrogens is 457 g/mol. The van der Waals surface area contributed by atoms with Gasteiger partial charge in [0.2, 0.25) is 11.7 Å². The molecule has 1 saturated heterocycles. The summed E-state index contributed by atoms with van der Waals surface area (Å²) in [7, 11) is 0. The fourth-order valence-corrected chi connectivity index (χ4v) is 4.74. The smallest absolute Gasteiger partial charge is 0.349 e. The topological polar surface area (TPSA) is 129 Å². The number of carbonyl (C=O) groups is 3. The Morgan fingerprint density at radius 3 is 2.71 bits per heavy atom. The summed E-state index contributed by atoms with van der Waals surface area (Å²) in [6.45, 7) is 0.526. The molecule has 0 radical (unpaired) electrons. The number of hydrogen-bond donors (Lipinski definition) is 3. The summed E-state index contributed by atoms with van der Waals surface area (Å²) in [6.07, 6.45) is -1.57. The average Bonchev–Trinajstić information content (AvgIpc) is 3.53. The van der Waals surface area contributed by atoms with Crippen molar-refractivity contribution in [2.24, 2.45) is 0 Å². The van der Waals surface area contributed by atoms with E-state index in [2.05, 4.69) is 30.6 Å². The monoisotopic (exact) mass is 478 g/mol. The summed E-state index contributed by atoms with van der Waals surface area (Å²) in [5.41, 5.74) is 1.33. The van der Waals surface area contributed by atoms with Gasteiger partial charge in [-0.3, -0.25) is 9.59 Å². The Labute approximate surface area is 191 Å². The largest absolute Gasteiger partial charge is 0.471 e. The first-order valence-corrected chi connectivity index (χ1v) is 10.9. The molecule has 1 saturated carbocycles. The first kappa shape index (κ1) is 22.2. The van der Waals surface area contributed by atoms with E-state index in [0.29, 0.717) is 24.9 Å². The van der Waals surface area contributed by atoms with Crippen LogP contribution in [0.2, 0.25) is 0 Å². The summed E-state index contributed by atoms with van der Waals surface area (Å²) >= 11 is 0. The number of rotatable bonds is 4. The predicted octanol–water partition coefficient (Wildman–Crippen LogP) is 1.82. The first-order valence-electron chi connectivity index (χ1n) is 10.9. The minimum atomic E-state index is -4.76. The molecule has 10 nitrogen and oxygen atoms in total. The van der Waals surface area contributed by atoms with Crippen LogP contribution in [0.5, 0.6) is 0 Å². The van der Waals surface area contributed by atoms with Gasteiger partial charge in [0, 0.05) is 30.3 Å². The van der Waals surface area contributed by atoms with Crippen LogP contribution in [0.25, 0.3) is 11.4 Å². The van der Waals surface area contributed by atoms with Gasteiger partial charge in [-0.25, -0.2) is 4.79 Å². The second-order valence-corrected chi connectivity index (χ2v) is 8.60. The standard InChI is InChI=1S/C21H21F3N6O4/c22-21(23,24)19-28-16(29-34-19)10-5-6-11-9-30(18(32)12(11)7-10)15-4-2-1-3-13(15)26-17(31)14-8-25-20(33)27-14/h5-7,13-15H,1-4,8-9H2,(H,26,31)(H2,25,27,33)/t13-,14?,15-/m1/s1. The van der Waals surface area contributed by atoms with Crippen molar-refractivity contribution < 1.29 is 32.1 Å². The lowest BCUT2D eigenvalue weighted by Crippen LogP contribution is -2.56. The number of urea groups is 1. The molecule has 2 aliphatic heterocycles. The maximum atomic E-state index is 13.3. The van der Waals surface area contributed by atoms with Gasteiger partial charge in [-0.2, -0.15) is 18.2 Å². The van der Waals surface area contributed by atoms with Crippen molar-refractivity contribution in [3.8, 4) is 11.4 Å². The van der Waals surface area contributed by atoms with Crippen molar-refractivity contribution >= 4 is 17.8 Å². The molecule has 5 rings (SSSR count). The molecule has 13 heteroatoms. The number of aromatic nitrogens is 2. The molecule has 180 valence electrons. The SMILES string of the molecule is O=C1NCC(C(=O)N[C@@H]2CCCC[C@H]2N2Cc3ccc(-c4noc(C(F)(F)F)n4)cc3C2=O)N1. The molecule has 2 aromatic rings. The summed E-state index contributed by atoms with van der Waals surface area (Å²) in [5.74, 6) is -2.28. The highest BCUT2D eigenvalue weighted by Gasteiger charge is 2.41. The lowest BCUT2D eigenvalue weighted by Gasteiger charge is -2.38. The van der Waals surface area contributed by atoms with E-state index in [1.165, 1.54) is 6.07 Å². The van der Waals surface area contributed by atoms with Gasteiger partial charge in [-0.1, -0.05) is 30.1 Å². The fourth-order valence-electron chi connectivity index (χ4n) is 4.74. The van der Waals surface area contributed by atoms with Gasteiger partial charge in [0.1, 0.15) is 6.04 Å². The van der Waals surface area contributed by atoms with E-state index in [0.717, 1.165) is 18.4 Å². The maximum Gasteiger partial charge on any atom is 0.471 e. The second kappa shape index (κ2) is 8.29. The normalized spacial score (nSPS) is 24.6. The highest BCUT2D eigenvalue weighted by molar-refractivity contribution is 5.99. The molecule has 3 heterocycles. The van der Waals surface area contributed by atoms with Crippen molar-refractivity contribution in [1.82, 2.24) is 31.0 Å². The van der Waals surface area contributed by atoms with Crippen LogP contribution in [0.1, 0.15) is 47.5 Å². The maximum absolute atomic E-state index is 13.3. The highest BCUT2D eigenvalue weighted by atomic mass is 19.4. The average molecular weight is 478 g/mol. The van der Waals surface area contributed by atoms with Crippen molar-refractivity contribution in [2.75, 3.05) is 6.54 Å². The van der Waals surface area contributed by atoms with Gasteiger partial charge in [-0.05, 0) is 24.5 Å². The molecule has 3 N–H and O–H groups in total. The molecule has 0 spiro atoms. The predicted molar refractivity (Wildman–Crippen MR) is 109 cm³/mol. The highest BCUT2D eigenvalue weighted by Crippen LogP contribution is 2.34. The lowest BCUT2D eigenvalue weighted by molar-refractivity contribution is -0.159. The van der Waals surface area contributed by atoms with Crippen molar-refractivity contribution in [1.29, 1.82) is 0 Å². The van der Waals surface area contributed by atoms with Crippen LogP contribution in [0.3, 0.4) is 0 Å². The number of nitrogens with one attached hydrogen (secondary N) is 3. The summed E-state index contributed by atoms with van der Waals surface area (Å²) in [4.78, 5) is 42.3. The third-order valence-corrected chi connectivity index (χ3v) is 6.41. The second-order valence-electron chi connectivity index (χ2n) is 8.60. The van der Waals surface area contributed by atoms with Crippen LogP contribution < -0.4 is 16.0 Å². The molecule has 1 aliphatic carbocycles. The number of hydrogen-bond acceptors (Lipinski definition) is 6. The van der Waals surface area contributed by atoms with E-state index in [9.17, 15) is 27.6 Å². The molecule has 2 fully saturated rings. The fraction of sp³-hybridized carbons (Fsp3) is 0.476. The van der Waals surface area contributed by atoms with Crippen LogP contribution >= 0.6 is 0 Å². The van der Waals surface area contributed by atoms with E-state index in [1.54, 1.807) is 17.0 Å². The third-order valence-electron chi connectivity index (χ3n) is 6.41. The molecule has 3 aliphatic rings. The van der Waals surface area contributed by atoms with Gasteiger partial charge in [0.25, 0.3) is 5.91 Å². The minimum absolute atomic E-state index is 0.199. The Morgan fingerprint density at radius 2 is 2.00 bits per heavy atom. The molecule has 1 aromatic carbocycles. The number of fused-ring (bicyclic) bond motifs is 1. The lowest BCUT2D eigenvalue weighted by atomic mass is 9.89. The van der Waals surface area contributed by atoms with Gasteiger partial charge in [0.15, 0.2) is 0 Å². The Balaban J connectivity index is 1.33. The summed E-state index contributed by atoms with van der Waals surface area (Å²) in [5, 5.41) is 11.5. The van der Waals surface area contributed by atoms with Crippen LogP contribution in [0.4, 0.5) is 18.0 Å². The number of alkyl halides is 3. The summed E-state index contributed by atoms with van der Waals surface area (Å²) in [6, 6.07) is 3.11. The van der Waals surface area contributed by atoms with E-state index in [-0.39, 0.29) is 41.8 Å². The Hall–Kier alpha value is -3.64. The van der Waals surface area contributed by atoms with E-state index < -0.39 is 24.1 Å². The van der Waals surface area contributed by atoms with Crippen LogP contribution in [0.15, 0.2) is 22.7 Å². The molecular formula is C21H21F3N6O4. The van der Waals surface area contributed by atoms with E-state index in [1.807, 2.05) is 0 Å². The van der Waals surface area contributed by atoms with Gasteiger partial charge < -0.3 is 25.4 Å². The van der Waals surface area contributed by atoms with Crippen molar-refractivity contribution in [3.05, 3.63) is 35.2 Å². The zero-order chi connectivity index (χ0) is 24.0. The molecule has 3 atom stereocenters. The number of benzene rings is 1. The minimum Gasteiger partial charge on any atom is -0.349 e. The number of carbonyl (C=O) groups excluding carboxylic acids is 3. The number of halogens is 3. The van der Waals surface area contributed by atoms with E-state index >= 15 is 0 Å². The number of nitrogens with zero attached hydrogens (tertiary/aromatic N) is 3. The van der Waals surface area contributed by atoms with Gasteiger partial charge in [0.05, 0.1) is 6.04 Å². The first-order chi connectivity index (χ1) is 16.2. The Morgan fingerprint density at radius 1 is 1.21 bits per heavy atom. The molecule has 34 heavy (non-hydrogen) atoms. The zero-order valence-electron chi connectivity index (χ0n) is 17.8. The van der Waals surface area contributed by atoms with Crippen molar-refractivity contribution in [3.63, 3.8) is 0 Å². The van der Waals surface area contributed by atoms with E-state index in [4.69, 9.17) is 0 Å². The Bertz CT molecular complexity index is 1150. The zero-order valence-corrected chi connectivity index (χ0v) is 17.8. The summed E-state index contributed by atoms with van der Waals surface area (Å²) < 4.78 is 42.7. The van der Waals surface area contributed by atoms with Crippen LogP contribution in [-0.2, 0) is 17.5 Å². The molecule has 0 bridgehead atoms. The van der Waals surface area contributed by atoms with Gasteiger partial charge >= 0.3 is 18.1 Å². The van der Waals surface area contributed by atoms with Crippen LogP contribution in [0, 0.1) is 0 Å². The van der Waals surface area contributed by atoms with Crippen molar-refractivity contribution in [2.45, 2.75) is 56.5 Å². The molecule has 4 amide bonds. The third kappa shape index (κ3) is 4.05. The quantitative estimate of drug-likeness (QED) is 0.615.